The summed E-state index contributed by atoms with van der Waals surface area (Å²) in [6, 6.07) is 3.55. The molecular formula is C11H16N2O2S. The van der Waals surface area contributed by atoms with Crippen molar-refractivity contribution in [1.82, 2.24) is 10.3 Å². The van der Waals surface area contributed by atoms with Crippen LogP contribution in [-0.4, -0.2) is 34.4 Å². The zero-order chi connectivity index (χ0) is 12.1. The van der Waals surface area contributed by atoms with E-state index in [9.17, 15) is 9.90 Å². The SMILES string of the molecule is CNC(=O)c1cc(SC(C)C(C)O)ccn1. The van der Waals surface area contributed by atoms with Crippen molar-refractivity contribution in [3.05, 3.63) is 24.0 Å². The lowest BCUT2D eigenvalue weighted by Gasteiger charge is -2.14. The highest BCUT2D eigenvalue weighted by Crippen LogP contribution is 2.25. The Morgan fingerprint density at radius 2 is 2.25 bits per heavy atom. The summed E-state index contributed by atoms with van der Waals surface area (Å²) < 4.78 is 0. The summed E-state index contributed by atoms with van der Waals surface area (Å²) in [6.07, 6.45) is 1.21. The van der Waals surface area contributed by atoms with Gasteiger partial charge in [0, 0.05) is 23.4 Å². The maximum absolute atomic E-state index is 11.4. The molecule has 5 heteroatoms. The molecule has 0 aliphatic heterocycles. The molecule has 1 rings (SSSR count). The number of hydrogen-bond acceptors (Lipinski definition) is 4. The lowest BCUT2D eigenvalue weighted by molar-refractivity contribution is 0.0958. The number of aliphatic hydroxyl groups is 1. The van der Waals surface area contributed by atoms with Crippen molar-refractivity contribution >= 4 is 17.7 Å². The quantitative estimate of drug-likeness (QED) is 0.779. The Balaban J connectivity index is 2.78. The fourth-order valence-corrected chi connectivity index (χ4v) is 2.00. The van der Waals surface area contributed by atoms with E-state index < -0.39 is 0 Å². The van der Waals surface area contributed by atoms with Gasteiger partial charge < -0.3 is 10.4 Å². The minimum absolute atomic E-state index is 0.0833. The van der Waals surface area contributed by atoms with E-state index in [1.54, 1.807) is 26.2 Å². The van der Waals surface area contributed by atoms with Crippen LogP contribution in [0.25, 0.3) is 0 Å². The highest BCUT2D eigenvalue weighted by atomic mass is 32.2. The summed E-state index contributed by atoms with van der Waals surface area (Å²) in [6.45, 7) is 3.69. The summed E-state index contributed by atoms with van der Waals surface area (Å²) in [5, 5.41) is 12.0. The topological polar surface area (TPSA) is 62.2 Å². The molecule has 0 saturated carbocycles. The second kappa shape index (κ2) is 5.86. The number of aromatic nitrogens is 1. The molecule has 1 heterocycles. The Kier molecular flexibility index (Phi) is 4.76. The number of nitrogens with zero attached hydrogens (tertiary/aromatic N) is 1. The molecule has 2 N–H and O–H groups in total. The smallest absolute Gasteiger partial charge is 0.269 e. The van der Waals surface area contributed by atoms with E-state index in [1.807, 2.05) is 13.0 Å². The number of pyridine rings is 1. The molecule has 0 aromatic carbocycles. The third-order valence-electron chi connectivity index (χ3n) is 2.19. The van der Waals surface area contributed by atoms with Crippen LogP contribution in [0.5, 0.6) is 0 Å². The monoisotopic (exact) mass is 240 g/mol. The van der Waals surface area contributed by atoms with Crippen LogP contribution in [0, 0.1) is 0 Å². The molecule has 0 radical (unpaired) electrons. The van der Waals surface area contributed by atoms with Gasteiger partial charge in [-0.15, -0.1) is 11.8 Å². The third-order valence-corrected chi connectivity index (χ3v) is 3.48. The number of amides is 1. The zero-order valence-electron chi connectivity index (χ0n) is 9.60. The fraction of sp³-hybridized carbons (Fsp3) is 0.455. The maximum atomic E-state index is 11.4. The Morgan fingerprint density at radius 1 is 1.56 bits per heavy atom. The largest absolute Gasteiger partial charge is 0.392 e. The van der Waals surface area contributed by atoms with Crippen LogP contribution in [0.4, 0.5) is 0 Å². The average Bonchev–Trinajstić information content (AvgIpc) is 2.28. The molecule has 88 valence electrons. The van der Waals surface area contributed by atoms with Crippen molar-refractivity contribution in [1.29, 1.82) is 0 Å². The number of carbonyl (C=O) groups excluding carboxylic acids is 1. The van der Waals surface area contributed by atoms with Crippen LogP contribution in [0.3, 0.4) is 0 Å². The molecule has 16 heavy (non-hydrogen) atoms. The van der Waals surface area contributed by atoms with E-state index in [2.05, 4.69) is 10.3 Å². The summed E-state index contributed by atoms with van der Waals surface area (Å²) in [4.78, 5) is 16.3. The molecule has 0 aliphatic rings. The van der Waals surface area contributed by atoms with Gasteiger partial charge in [0.2, 0.25) is 0 Å². The van der Waals surface area contributed by atoms with E-state index in [4.69, 9.17) is 0 Å². The normalized spacial score (nSPS) is 14.2. The molecule has 0 aliphatic carbocycles. The minimum atomic E-state index is -0.387. The second-order valence-electron chi connectivity index (χ2n) is 3.52. The van der Waals surface area contributed by atoms with E-state index >= 15 is 0 Å². The van der Waals surface area contributed by atoms with Gasteiger partial charge in [0.1, 0.15) is 5.69 Å². The lowest BCUT2D eigenvalue weighted by Crippen LogP contribution is -2.19. The molecule has 1 aromatic heterocycles. The van der Waals surface area contributed by atoms with Crippen molar-refractivity contribution in [3.8, 4) is 0 Å². The number of nitrogens with one attached hydrogen (secondary N) is 1. The van der Waals surface area contributed by atoms with Gasteiger partial charge in [0.05, 0.1) is 6.10 Å². The van der Waals surface area contributed by atoms with E-state index in [-0.39, 0.29) is 17.3 Å². The van der Waals surface area contributed by atoms with Crippen LogP contribution in [0.2, 0.25) is 0 Å². The minimum Gasteiger partial charge on any atom is -0.392 e. The van der Waals surface area contributed by atoms with Gasteiger partial charge in [-0.25, -0.2) is 0 Å². The molecule has 2 unspecified atom stereocenters. The van der Waals surface area contributed by atoms with E-state index in [1.165, 1.54) is 11.8 Å². The number of thioether (sulfide) groups is 1. The molecule has 0 fully saturated rings. The number of rotatable bonds is 4. The van der Waals surface area contributed by atoms with Gasteiger partial charge in [-0.1, -0.05) is 6.92 Å². The van der Waals surface area contributed by atoms with Crippen LogP contribution in [-0.2, 0) is 0 Å². The van der Waals surface area contributed by atoms with Crippen molar-refractivity contribution in [3.63, 3.8) is 0 Å². The summed E-state index contributed by atoms with van der Waals surface area (Å²) in [7, 11) is 1.57. The van der Waals surface area contributed by atoms with Crippen LogP contribution in [0.1, 0.15) is 24.3 Å². The van der Waals surface area contributed by atoms with E-state index in [0.717, 1.165) is 4.90 Å². The first-order valence-corrected chi connectivity index (χ1v) is 5.95. The van der Waals surface area contributed by atoms with Crippen LogP contribution < -0.4 is 5.32 Å². The van der Waals surface area contributed by atoms with Crippen molar-refractivity contribution in [2.24, 2.45) is 0 Å². The molecule has 2 atom stereocenters. The molecular weight excluding hydrogens is 224 g/mol. The predicted octanol–water partition coefficient (Wildman–Crippen LogP) is 1.30. The molecule has 0 spiro atoms. The highest BCUT2D eigenvalue weighted by molar-refractivity contribution is 8.00. The Morgan fingerprint density at radius 3 is 2.81 bits per heavy atom. The second-order valence-corrected chi connectivity index (χ2v) is 4.97. The van der Waals surface area contributed by atoms with Gasteiger partial charge in [0.15, 0.2) is 0 Å². The molecule has 1 aromatic rings. The van der Waals surface area contributed by atoms with Gasteiger partial charge in [0.25, 0.3) is 5.91 Å². The van der Waals surface area contributed by atoms with Crippen LogP contribution >= 0.6 is 11.8 Å². The van der Waals surface area contributed by atoms with Gasteiger partial charge in [-0.2, -0.15) is 0 Å². The first-order chi connectivity index (χ1) is 7.54. The number of aliphatic hydroxyl groups excluding tert-OH is 1. The molecule has 1 amide bonds. The van der Waals surface area contributed by atoms with Crippen molar-refractivity contribution in [2.75, 3.05) is 7.05 Å². The Bertz CT molecular complexity index is 369. The summed E-state index contributed by atoms with van der Waals surface area (Å²) >= 11 is 1.52. The molecule has 4 nitrogen and oxygen atoms in total. The first kappa shape index (κ1) is 13.0. The van der Waals surface area contributed by atoms with Crippen LogP contribution in [0.15, 0.2) is 23.2 Å². The van der Waals surface area contributed by atoms with E-state index in [0.29, 0.717) is 5.69 Å². The lowest BCUT2D eigenvalue weighted by atomic mass is 10.3. The fourth-order valence-electron chi connectivity index (χ4n) is 1.05. The van der Waals surface area contributed by atoms with Crippen molar-refractivity contribution < 1.29 is 9.90 Å². The summed E-state index contributed by atoms with van der Waals surface area (Å²) in [5.74, 6) is -0.202. The van der Waals surface area contributed by atoms with Gasteiger partial charge in [-0.05, 0) is 19.1 Å². The molecule has 0 bridgehead atoms. The summed E-state index contributed by atoms with van der Waals surface area (Å²) in [5.41, 5.74) is 0.394. The Labute approximate surface area is 99.5 Å². The van der Waals surface area contributed by atoms with Gasteiger partial charge in [-0.3, -0.25) is 9.78 Å². The first-order valence-electron chi connectivity index (χ1n) is 5.07. The maximum Gasteiger partial charge on any atom is 0.269 e. The number of hydrogen-bond donors (Lipinski definition) is 2. The highest BCUT2D eigenvalue weighted by Gasteiger charge is 2.12. The van der Waals surface area contributed by atoms with Gasteiger partial charge >= 0.3 is 0 Å². The third kappa shape index (κ3) is 3.50. The average molecular weight is 240 g/mol. The zero-order valence-corrected chi connectivity index (χ0v) is 10.4. The standard InChI is InChI=1S/C11H16N2O2S/c1-7(14)8(2)16-9-4-5-13-10(6-9)11(15)12-3/h4-8,14H,1-3H3,(H,12,15). The van der Waals surface area contributed by atoms with Crippen molar-refractivity contribution in [2.45, 2.75) is 30.1 Å². The Hall–Kier alpha value is -1.07. The predicted molar refractivity (Wildman–Crippen MR) is 64.6 cm³/mol. The number of carbonyl (C=O) groups is 1. The molecule has 0 saturated heterocycles.